The molecule has 0 amide bonds. The number of esters is 1. The van der Waals surface area contributed by atoms with Crippen molar-refractivity contribution in [2.75, 3.05) is 7.11 Å². The number of nitrogens with one attached hydrogen (secondary N) is 1. The highest BCUT2D eigenvalue weighted by Crippen LogP contribution is 2.16. The number of benzene rings is 1. The lowest BCUT2D eigenvalue weighted by molar-refractivity contribution is 0.0600. The Morgan fingerprint density at radius 3 is 2.21 bits per heavy atom. The van der Waals surface area contributed by atoms with Gasteiger partial charge in [0, 0.05) is 5.54 Å². The van der Waals surface area contributed by atoms with E-state index in [-0.39, 0.29) is 4.90 Å². The molecule has 0 aliphatic rings. The van der Waals surface area contributed by atoms with Crippen LogP contribution in [0, 0.1) is 0 Å². The van der Waals surface area contributed by atoms with Gasteiger partial charge in [-0.15, -0.1) is 0 Å². The minimum atomic E-state index is -3.58. The van der Waals surface area contributed by atoms with Gasteiger partial charge in [0.25, 0.3) is 0 Å². The van der Waals surface area contributed by atoms with Crippen LogP contribution in [0.15, 0.2) is 29.2 Å². The first kappa shape index (κ1) is 15.7. The van der Waals surface area contributed by atoms with E-state index in [1.54, 1.807) is 0 Å². The van der Waals surface area contributed by atoms with E-state index in [9.17, 15) is 13.2 Å². The van der Waals surface area contributed by atoms with Gasteiger partial charge in [0.2, 0.25) is 10.0 Å². The number of ether oxygens (including phenoxy) is 1. The zero-order valence-corrected chi connectivity index (χ0v) is 12.4. The number of carbonyl (C=O) groups excluding carboxylic acids is 1. The highest BCUT2D eigenvalue weighted by atomic mass is 32.2. The first-order valence-corrected chi connectivity index (χ1v) is 7.42. The molecule has 19 heavy (non-hydrogen) atoms. The van der Waals surface area contributed by atoms with Gasteiger partial charge in [-0.1, -0.05) is 6.92 Å². The van der Waals surface area contributed by atoms with Crippen molar-refractivity contribution in [1.29, 1.82) is 0 Å². The number of carbonyl (C=O) groups is 1. The molecule has 0 atom stereocenters. The van der Waals surface area contributed by atoms with E-state index in [2.05, 4.69) is 9.46 Å². The molecule has 1 aromatic carbocycles. The first-order chi connectivity index (χ1) is 8.72. The van der Waals surface area contributed by atoms with E-state index in [0.717, 1.165) is 0 Å². The Labute approximate surface area is 114 Å². The van der Waals surface area contributed by atoms with Crippen molar-refractivity contribution in [1.82, 2.24) is 4.72 Å². The third kappa shape index (κ3) is 4.04. The van der Waals surface area contributed by atoms with Gasteiger partial charge in [-0.2, -0.15) is 0 Å². The van der Waals surface area contributed by atoms with Crippen molar-refractivity contribution in [3.8, 4) is 0 Å². The molecule has 0 aliphatic carbocycles. The molecule has 0 radical (unpaired) electrons. The van der Waals surface area contributed by atoms with Gasteiger partial charge in [-0.05, 0) is 44.5 Å². The van der Waals surface area contributed by atoms with Crippen molar-refractivity contribution >= 4 is 16.0 Å². The monoisotopic (exact) mass is 285 g/mol. The molecule has 0 aliphatic heterocycles. The first-order valence-electron chi connectivity index (χ1n) is 5.94. The molecule has 0 saturated carbocycles. The van der Waals surface area contributed by atoms with Gasteiger partial charge < -0.3 is 4.74 Å². The van der Waals surface area contributed by atoms with Crippen LogP contribution in [-0.2, 0) is 14.8 Å². The maximum Gasteiger partial charge on any atom is 0.337 e. The zero-order valence-electron chi connectivity index (χ0n) is 11.6. The third-order valence-electron chi connectivity index (χ3n) is 2.88. The van der Waals surface area contributed by atoms with Crippen LogP contribution in [0.2, 0.25) is 0 Å². The fourth-order valence-corrected chi connectivity index (χ4v) is 2.87. The molecular weight excluding hydrogens is 266 g/mol. The number of hydrogen-bond donors (Lipinski definition) is 1. The highest BCUT2D eigenvalue weighted by Gasteiger charge is 2.24. The molecule has 0 unspecified atom stereocenters. The average Bonchev–Trinajstić information content (AvgIpc) is 2.37. The van der Waals surface area contributed by atoms with Crippen LogP contribution in [-0.4, -0.2) is 27.0 Å². The summed E-state index contributed by atoms with van der Waals surface area (Å²) in [7, 11) is -2.31. The van der Waals surface area contributed by atoms with Gasteiger partial charge in [0.15, 0.2) is 0 Å². The van der Waals surface area contributed by atoms with E-state index in [1.165, 1.54) is 31.4 Å². The molecular formula is C13H19NO4S. The van der Waals surface area contributed by atoms with Gasteiger partial charge in [0.1, 0.15) is 0 Å². The average molecular weight is 285 g/mol. The molecule has 0 aromatic heterocycles. The van der Waals surface area contributed by atoms with E-state index in [1.807, 2.05) is 20.8 Å². The van der Waals surface area contributed by atoms with Crippen molar-refractivity contribution in [3.63, 3.8) is 0 Å². The zero-order chi connectivity index (χ0) is 14.7. The number of hydrogen-bond acceptors (Lipinski definition) is 4. The Kier molecular flexibility index (Phi) is 4.70. The van der Waals surface area contributed by atoms with Crippen molar-refractivity contribution in [2.45, 2.75) is 37.6 Å². The minimum Gasteiger partial charge on any atom is -0.465 e. The van der Waals surface area contributed by atoms with Crippen molar-refractivity contribution in [3.05, 3.63) is 29.8 Å². The quantitative estimate of drug-likeness (QED) is 0.839. The summed E-state index contributed by atoms with van der Waals surface area (Å²) in [5.41, 5.74) is -0.198. The molecule has 0 bridgehead atoms. The Hall–Kier alpha value is -1.40. The van der Waals surface area contributed by atoms with Crippen LogP contribution in [0.1, 0.15) is 37.6 Å². The number of sulfonamides is 1. The summed E-state index contributed by atoms with van der Waals surface area (Å²) in [6, 6.07) is 5.64. The molecule has 1 rings (SSSR count). The van der Waals surface area contributed by atoms with E-state index < -0.39 is 21.5 Å². The summed E-state index contributed by atoms with van der Waals surface area (Å²) < 4.78 is 31.4. The third-order valence-corrected chi connectivity index (χ3v) is 4.59. The summed E-state index contributed by atoms with van der Waals surface area (Å²) in [4.78, 5) is 11.4. The van der Waals surface area contributed by atoms with Crippen LogP contribution in [0.25, 0.3) is 0 Å². The lowest BCUT2D eigenvalue weighted by atomic mass is 10.0. The molecule has 1 N–H and O–H groups in total. The second-order valence-electron chi connectivity index (χ2n) is 4.86. The van der Waals surface area contributed by atoms with E-state index in [0.29, 0.717) is 12.0 Å². The minimum absolute atomic E-state index is 0.127. The lowest BCUT2D eigenvalue weighted by Crippen LogP contribution is -2.42. The number of methoxy groups -OCH3 is 1. The van der Waals surface area contributed by atoms with Crippen molar-refractivity contribution < 1.29 is 17.9 Å². The summed E-state index contributed by atoms with van der Waals surface area (Å²) in [5, 5.41) is 0. The van der Waals surface area contributed by atoms with Gasteiger partial charge in [0.05, 0.1) is 17.6 Å². The normalized spacial score (nSPS) is 12.2. The molecule has 5 nitrogen and oxygen atoms in total. The second kappa shape index (κ2) is 5.71. The molecule has 106 valence electrons. The fourth-order valence-electron chi connectivity index (χ4n) is 1.38. The standard InChI is InChI=1S/C13H19NO4S/c1-5-13(2,3)14-19(16,17)11-8-6-10(7-9-11)12(15)18-4/h6-9,14H,5H2,1-4H3. The summed E-state index contributed by atoms with van der Waals surface area (Å²) in [5.74, 6) is -0.495. The topological polar surface area (TPSA) is 72.5 Å². The van der Waals surface area contributed by atoms with Crippen LogP contribution < -0.4 is 4.72 Å². The van der Waals surface area contributed by atoms with Gasteiger partial charge >= 0.3 is 5.97 Å². The molecule has 1 aromatic rings. The van der Waals surface area contributed by atoms with Crippen molar-refractivity contribution in [2.24, 2.45) is 0 Å². The maximum absolute atomic E-state index is 12.1. The van der Waals surface area contributed by atoms with Gasteiger partial charge in [-0.25, -0.2) is 17.9 Å². The molecule has 0 saturated heterocycles. The van der Waals surface area contributed by atoms with Crippen LogP contribution >= 0.6 is 0 Å². The second-order valence-corrected chi connectivity index (χ2v) is 6.54. The van der Waals surface area contributed by atoms with Crippen LogP contribution in [0.3, 0.4) is 0 Å². The lowest BCUT2D eigenvalue weighted by Gasteiger charge is -2.24. The number of rotatable bonds is 5. The molecule has 0 heterocycles. The summed E-state index contributed by atoms with van der Waals surface area (Å²) in [6.07, 6.45) is 0.673. The van der Waals surface area contributed by atoms with Crippen LogP contribution in [0.5, 0.6) is 0 Å². The Morgan fingerprint density at radius 1 is 1.26 bits per heavy atom. The summed E-state index contributed by atoms with van der Waals surface area (Å²) >= 11 is 0. The molecule has 0 spiro atoms. The Morgan fingerprint density at radius 2 is 1.79 bits per heavy atom. The highest BCUT2D eigenvalue weighted by molar-refractivity contribution is 7.89. The smallest absolute Gasteiger partial charge is 0.337 e. The SMILES string of the molecule is CCC(C)(C)NS(=O)(=O)c1ccc(C(=O)OC)cc1. The maximum atomic E-state index is 12.1. The van der Waals surface area contributed by atoms with E-state index >= 15 is 0 Å². The van der Waals surface area contributed by atoms with Gasteiger partial charge in [-0.3, -0.25) is 0 Å². The fraction of sp³-hybridized carbons (Fsp3) is 0.462. The Balaban J connectivity index is 3.01. The summed E-state index contributed by atoms with van der Waals surface area (Å²) in [6.45, 7) is 5.53. The largest absolute Gasteiger partial charge is 0.465 e. The van der Waals surface area contributed by atoms with E-state index in [4.69, 9.17) is 0 Å². The van der Waals surface area contributed by atoms with Crippen LogP contribution in [0.4, 0.5) is 0 Å². The molecule has 6 heteroatoms. The Bertz CT molecular complexity index is 547. The predicted molar refractivity (Wildman–Crippen MR) is 72.5 cm³/mol. The predicted octanol–water partition coefficient (Wildman–Crippen LogP) is 1.94. The molecule has 0 fully saturated rings.